The Kier molecular flexibility index (Phi) is 4.35. The summed E-state index contributed by atoms with van der Waals surface area (Å²) in [5.74, 6) is -1.62. The molecule has 0 fully saturated rings. The Morgan fingerprint density at radius 1 is 1.29 bits per heavy atom. The Labute approximate surface area is 127 Å². The molecular weight excluding hydrogens is 324 g/mol. The van der Waals surface area contributed by atoms with Crippen LogP contribution in [0.3, 0.4) is 0 Å². The van der Waals surface area contributed by atoms with E-state index in [4.69, 9.17) is 23.2 Å². The zero-order valence-corrected chi connectivity index (χ0v) is 11.7. The third-order valence-corrected chi connectivity index (χ3v) is 2.89. The minimum Gasteiger partial charge on any atom is -0.320 e. The Morgan fingerprint density at radius 2 is 2.00 bits per heavy atom. The third-order valence-electron chi connectivity index (χ3n) is 2.38. The summed E-state index contributed by atoms with van der Waals surface area (Å²) in [6.45, 7) is 0. The second-order valence-electron chi connectivity index (χ2n) is 3.87. The Morgan fingerprint density at radius 3 is 2.67 bits per heavy atom. The molecule has 9 heteroatoms. The Balaban J connectivity index is 2.31. The number of nitrogens with zero attached hydrogens (tertiary/aromatic N) is 2. The number of rotatable bonds is 3. The second kappa shape index (κ2) is 6.02. The Hall–Kier alpha value is -2.25. The molecule has 1 aromatic heterocycles. The summed E-state index contributed by atoms with van der Waals surface area (Å²) in [5.41, 5.74) is -0.754. The summed E-state index contributed by atoms with van der Waals surface area (Å²) in [6.07, 6.45) is 0. The van der Waals surface area contributed by atoms with Crippen molar-refractivity contribution < 1.29 is 14.1 Å². The SMILES string of the molecule is O=C(Nc1cc(F)cc([N+](=O)[O-])c1)c1nc(Cl)ccc1Cl. The molecule has 0 radical (unpaired) electrons. The lowest BCUT2D eigenvalue weighted by atomic mass is 10.2. The van der Waals surface area contributed by atoms with Crippen LogP contribution in [0.15, 0.2) is 30.3 Å². The molecule has 0 atom stereocenters. The van der Waals surface area contributed by atoms with Gasteiger partial charge in [0, 0.05) is 6.07 Å². The highest BCUT2D eigenvalue weighted by Crippen LogP contribution is 2.22. The summed E-state index contributed by atoms with van der Waals surface area (Å²) in [7, 11) is 0. The molecule has 0 aliphatic rings. The van der Waals surface area contributed by atoms with Crippen molar-refractivity contribution >= 4 is 40.5 Å². The average molecular weight is 330 g/mol. The lowest BCUT2D eigenvalue weighted by molar-refractivity contribution is -0.385. The van der Waals surface area contributed by atoms with Crippen LogP contribution in [0.5, 0.6) is 0 Å². The first-order chi connectivity index (χ1) is 9.86. The fourth-order valence-corrected chi connectivity index (χ4v) is 1.86. The van der Waals surface area contributed by atoms with E-state index in [-0.39, 0.29) is 21.6 Å². The monoisotopic (exact) mass is 329 g/mol. The number of non-ortho nitro benzene ring substituents is 1. The van der Waals surface area contributed by atoms with Gasteiger partial charge in [0.2, 0.25) is 0 Å². The van der Waals surface area contributed by atoms with Crippen LogP contribution >= 0.6 is 23.2 Å². The van der Waals surface area contributed by atoms with Crippen LogP contribution in [0.25, 0.3) is 0 Å². The third kappa shape index (κ3) is 3.65. The molecule has 6 nitrogen and oxygen atoms in total. The number of hydrogen-bond acceptors (Lipinski definition) is 4. The molecule has 0 unspecified atom stereocenters. The topological polar surface area (TPSA) is 85.1 Å². The van der Waals surface area contributed by atoms with Gasteiger partial charge < -0.3 is 5.32 Å². The van der Waals surface area contributed by atoms with Crippen molar-refractivity contribution in [3.63, 3.8) is 0 Å². The van der Waals surface area contributed by atoms with E-state index in [0.717, 1.165) is 18.2 Å². The van der Waals surface area contributed by atoms with Gasteiger partial charge in [-0.2, -0.15) is 0 Å². The number of hydrogen-bond donors (Lipinski definition) is 1. The van der Waals surface area contributed by atoms with Gasteiger partial charge in [-0.15, -0.1) is 0 Å². The zero-order chi connectivity index (χ0) is 15.6. The number of carbonyl (C=O) groups excluding carboxylic acids is 1. The molecule has 108 valence electrons. The predicted octanol–water partition coefficient (Wildman–Crippen LogP) is 3.69. The number of halogens is 3. The van der Waals surface area contributed by atoms with Crippen LogP contribution in [0, 0.1) is 15.9 Å². The van der Waals surface area contributed by atoms with Crippen LogP contribution in [0.1, 0.15) is 10.5 Å². The lowest BCUT2D eigenvalue weighted by Crippen LogP contribution is -2.14. The number of aromatic nitrogens is 1. The van der Waals surface area contributed by atoms with Gasteiger partial charge in [0.05, 0.1) is 21.7 Å². The summed E-state index contributed by atoms with van der Waals surface area (Å²) in [5, 5.41) is 13.0. The van der Waals surface area contributed by atoms with Gasteiger partial charge in [-0.3, -0.25) is 14.9 Å². The smallest absolute Gasteiger partial charge is 0.275 e. The van der Waals surface area contributed by atoms with Gasteiger partial charge in [-0.25, -0.2) is 9.37 Å². The highest BCUT2D eigenvalue weighted by atomic mass is 35.5. The predicted molar refractivity (Wildman–Crippen MR) is 75.3 cm³/mol. The van der Waals surface area contributed by atoms with Crippen molar-refractivity contribution in [2.24, 2.45) is 0 Å². The molecule has 0 saturated carbocycles. The van der Waals surface area contributed by atoms with Crippen LogP contribution in [-0.4, -0.2) is 15.8 Å². The molecule has 0 aliphatic heterocycles. The van der Waals surface area contributed by atoms with Crippen LogP contribution in [0.4, 0.5) is 15.8 Å². The molecule has 2 rings (SSSR count). The van der Waals surface area contributed by atoms with Crippen molar-refractivity contribution in [3.8, 4) is 0 Å². The first kappa shape index (κ1) is 15.1. The quantitative estimate of drug-likeness (QED) is 0.528. The summed E-state index contributed by atoms with van der Waals surface area (Å²) < 4.78 is 13.3. The molecule has 0 aliphatic carbocycles. The largest absolute Gasteiger partial charge is 0.320 e. The van der Waals surface area contributed by atoms with Gasteiger partial charge in [0.25, 0.3) is 11.6 Å². The normalized spacial score (nSPS) is 10.2. The van der Waals surface area contributed by atoms with E-state index in [1.54, 1.807) is 0 Å². The fourth-order valence-electron chi connectivity index (χ4n) is 1.52. The van der Waals surface area contributed by atoms with Crippen LogP contribution < -0.4 is 5.32 Å². The van der Waals surface area contributed by atoms with Crippen molar-refractivity contribution in [3.05, 3.63) is 62.1 Å². The minimum atomic E-state index is -0.857. The van der Waals surface area contributed by atoms with Crippen LogP contribution in [-0.2, 0) is 0 Å². The van der Waals surface area contributed by atoms with Gasteiger partial charge >= 0.3 is 0 Å². The molecule has 0 saturated heterocycles. The number of anilines is 1. The first-order valence-corrected chi connectivity index (χ1v) is 6.21. The van der Waals surface area contributed by atoms with E-state index in [1.807, 2.05) is 0 Å². The maximum Gasteiger partial charge on any atom is 0.275 e. The molecular formula is C12H6Cl2FN3O3. The van der Waals surface area contributed by atoms with Gasteiger partial charge in [-0.05, 0) is 18.2 Å². The molecule has 1 heterocycles. The number of nitrogens with one attached hydrogen (secondary N) is 1. The molecule has 21 heavy (non-hydrogen) atoms. The summed E-state index contributed by atoms with van der Waals surface area (Å²) >= 11 is 11.5. The maximum absolute atomic E-state index is 13.3. The zero-order valence-electron chi connectivity index (χ0n) is 10.1. The summed E-state index contributed by atoms with van der Waals surface area (Å²) in [6, 6.07) is 5.45. The molecule has 1 aromatic carbocycles. The fraction of sp³-hybridized carbons (Fsp3) is 0. The number of benzene rings is 1. The highest BCUT2D eigenvalue weighted by molar-refractivity contribution is 6.35. The standard InChI is InChI=1S/C12H6Cl2FN3O3/c13-9-1-2-10(14)17-11(9)12(19)16-7-3-6(15)4-8(5-7)18(20)21/h1-5H,(H,16,19). The van der Waals surface area contributed by atoms with Gasteiger partial charge in [-0.1, -0.05) is 23.2 Å². The van der Waals surface area contributed by atoms with E-state index in [0.29, 0.717) is 0 Å². The molecule has 0 bridgehead atoms. The van der Waals surface area contributed by atoms with Crippen molar-refractivity contribution in [1.29, 1.82) is 0 Å². The van der Waals surface area contributed by atoms with Crippen LogP contribution in [0.2, 0.25) is 10.2 Å². The number of pyridine rings is 1. The van der Waals surface area contributed by atoms with E-state index in [2.05, 4.69) is 10.3 Å². The second-order valence-corrected chi connectivity index (χ2v) is 4.67. The molecule has 2 aromatic rings. The number of nitro benzene ring substituents is 1. The Bertz CT molecular complexity index is 740. The van der Waals surface area contributed by atoms with E-state index >= 15 is 0 Å². The highest BCUT2D eigenvalue weighted by Gasteiger charge is 2.16. The van der Waals surface area contributed by atoms with Gasteiger partial charge in [0.1, 0.15) is 16.7 Å². The maximum atomic E-state index is 13.3. The molecule has 1 amide bonds. The van der Waals surface area contributed by atoms with E-state index < -0.39 is 22.3 Å². The minimum absolute atomic E-state index is 0.0443. The van der Waals surface area contributed by atoms with Crippen molar-refractivity contribution in [1.82, 2.24) is 4.98 Å². The number of amides is 1. The lowest BCUT2D eigenvalue weighted by Gasteiger charge is -2.06. The average Bonchev–Trinajstić information content (AvgIpc) is 2.40. The molecule has 0 spiro atoms. The first-order valence-electron chi connectivity index (χ1n) is 5.45. The number of nitro groups is 1. The number of carbonyl (C=O) groups is 1. The summed E-state index contributed by atoms with van der Waals surface area (Å²) in [4.78, 5) is 25.6. The van der Waals surface area contributed by atoms with E-state index in [9.17, 15) is 19.3 Å². The molecule has 1 N–H and O–H groups in total. The van der Waals surface area contributed by atoms with Gasteiger partial charge in [0.15, 0.2) is 0 Å². The van der Waals surface area contributed by atoms with E-state index in [1.165, 1.54) is 12.1 Å². The van der Waals surface area contributed by atoms with Crippen molar-refractivity contribution in [2.45, 2.75) is 0 Å². The van der Waals surface area contributed by atoms with Crippen molar-refractivity contribution in [2.75, 3.05) is 5.32 Å².